The third-order valence-electron chi connectivity index (χ3n) is 3.89. The summed E-state index contributed by atoms with van der Waals surface area (Å²) in [5.41, 5.74) is 1.06. The van der Waals surface area contributed by atoms with Crippen LogP contribution < -0.4 is 5.32 Å². The number of methoxy groups -OCH3 is 1. The summed E-state index contributed by atoms with van der Waals surface area (Å²) in [6, 6.07) is 9.73. The minimum atomic E-state index is -0.315. The lowest BCUT2D eigenvalue weighted by atomic mass is 10.1. The molecule has 0 unspecified atom stereocenters. The number of nitrogens with zero attached hydrogens (tertiary/aromatic N) is 1. The summed E-state index contributed by atoms with van der Waals surface area (Å²) in [6.07, 6.45) is 1.06. The van der Waals surface area contributed by atoms with Crippen molar-refractivity contribution < 1.29 is 19.1 Å². The van der Waals surface area contributed by atoms with Crippen LogP contribution in [-0.2, 0) is 25.7 Å². The molecule has 124 valence electrons. The van der Waals surface area contributed by atoms with E-state index in [-0.39, 0.29) is 36.5 Å². The van der Waals surface area contributed by atoms with Crippen molar-refractivity contribution in [1.82, 2.24) is 10.2 Å². The van der Waals surface area contributed by atoms with Crippen LogP contribution in [0.3, 0.4) is 0 Å². The van der Waals surface area contributed by atoms with Crippen LogP contribution in [0.2, 0.25) is 0 Å². The quantitative estimate of drug-likeness (QED) is 0.603. The fraction of sp³-hybridized carbons (Fsp3) is 0.471. The number of carbonyl (C=O) groups excluding carboxylic acids is 3. The van der Waals surface area contributed by atoms with E-state index in [0.717, 1.165) is 5.56 Å². The van der Waals surface area contributed by atoms with E-state index in [1.807, 2.05) is 30.3 Å². The van der Waals surface area contributed by atoms with Crippen molar-refractivity contribution in [2.24, 2.45) is 5.92 Å². The van der Waals surface area contributed by atoms with Gasteiger partial charge >= 0.3 is 5.97 Å². The zero-order valence-corrected chi connectivity index (χ0v) is 13.3. The van der Waals surface area contributed by atoms with Crippen LogP contribution in [0.25, 0.3) is 0 Å². The van der Waals surface area contributed by atoms with Gasteiger partial charge in [0.05, 0.1) is 13.0 Å². The molecule has 1 aliphatic heterocycles. The standard InChI is InChI=1S/C17H22N2O4/c1-23-16(21)8-5-9-18-17(22)14-10-15(20)19(12-14)11-13-6-3-2-4-7-13/h2-4,6-7,14H,5,8-12H2,1H3,(H,18,22)/t14-/m0/s1. The van der Waals surface area contributed by atoms with Gasteiger partial charge in [0, 0.05) is 32.5 Å². The van der Waals surface area contributed by atoms with Crippen LogP contribution in [0.4, 0.5) is 0 Å². The van der Waals surface area contributed by atoms with Crippen LogP contribution in [0.5, 0.6) is 0 Å². The molecule has 23 heavy (non-hydrogen) atoms. The number of amides is 2. The van der Waals surface area contributed by atoms with Gasteiger partial charge in [-0.25, -0.2) is 0 Å². The van der Waals surface area contributed by atoms with Crippen LogP contribution in [0, 0.1) is 5.92 Å². The van der Waals surface area contributed by atoms with Gasteiger partial charge in [0.15, 0.2) is 0 Å². The second-order valence-corrected chi connectivity index (χ2v) is 5.63. The second kappa shape index (κ2) is 8.31. The highest BCUT2D eigenvalue weighted by Crippen LogP contribution is 2.20. The van der Waals surface area contributed by atoms with Gasteiger partial charge in [-0.3, -0.25) is 14.4 Å². The van der Waals surface area contributed by atoms with E-state index >= 15 is 0 Å². The summed E-state index contributed by atoms with van der Waals surface area (Å²) in [4.78, 5) is 36.8. The molecule has 0 aliphatic carbocycles. The third-order valence-corrected chi connectivity index (χ3v) is 3.89. The van der Waals surface area contributed by atoms with Crippen LogP contribution in [0.1, 0.15) is 24.8 Å². The second-order valence-electron chi connectivity index (χ2n) is 5.63. The number of hydrogen-bond donors (Lipinski definition) is 1. The van der Waals surface area contributed by atoms with Crippen LogP contribution in [-0.4, -0.2) is 42.9 Å². The first kappa shape index (κ1) is 17.0. The maximum Gasteiger partial charge on any atom is 0.305 e. The highest BCUT2D eigenvalue weighted by atomic mass is 16.5. The average molecular weight is 318 g/mol. The number of nitrogens with one attached hydrogen (secondary N) is 1. The normalized spacial score (nSPS) is 17.2. The zero-order valence-electron chi connectivity index (χ0n) is 13.3. The van der Waals surface area contributed by atoms with Crippen molar-refractivity contribution in [3.05, 3.63) is 35.9 Å². The minimum Gasteiger partial charge on any atom is -0.469 e. The van der Waals surface area contributed by atoms with E-state index in [4.69, 9.17) is 0 Å². The van der Waals surface area contributed by atoms with Gasteiger partial charge in [-0.1, -0.05) is 30.3 Å². The fourth-order valence-corrected chi connectivity index (χ4v) is 2.60. The molecule has 0 aromatic heterocycles. The number of carbonyl (C=O) groups is 3. The molecule has 1 aromatic carbocycles. The lowest BCUT2D eigenvalue weighted by Crippen LogP contribution is -2.33. The summed E-state index contributed by atoms with van der Waals surface area (Å²) < 4.78 is 4.54. The SMILES string of the molecule is COC(=O)CCCNC(=O)[C@H]1CC(=O)N(Cc2ccccc2)C1. The molecule has 6 nitrogen and oxygen atoms in total. The summed E-state index contributed by atoms with van der Waals surface area (Å²) >= 11 is 0. The number of hydrogen-bond acceptors (Lipinski definition) is 4. The third kappa shape index (κ3) is 5.09. The Morgan fingerprint density at radius 2 is 2.04 bits per heavy atom. The lowest BCUT2D eigenvalue weighted by Gasteiger charge is -2.16. The van der Waals surface area contributed by atoms with E-state index < -0.39 is 0 Å². The summed E-state index contributed by atoms with van der Waals surface area (Å²) in [7, 11) is 1.34. The fourth-order valence-electron chi connectivity index (χ4n) is 2.60. The molecule has 1 aromatic rings. The molecule has 6 heteroatoms. The van der Waals surface area contributed by atoms with Gasteiger partial charge in [-0.15, -0.1) is 0 Å². The molecule has 1 saturated heterocycles. The molecule has 1 atom stereocenters. The highest BCUT2D eigenvalue weighted by molar-refractivity contribution is 5.89. The Balaban J connectivity index is 1.75. The van der Waals surface area contributed by atoms with Crippen LogP contribution in [0.15, 0.2) is 30.3 Å². The Bertz CT molecular complexity index is 559. The number of rotatable bonds is 7. The van der Waals surface area contributed by atoms with Gasteiger partial charge < -0.3 is 15.0 Å². The van der Waals surface area contributed by atoms with Crippen LogP contribution >= 0.6 is 0 Å². The molecule has 1 N–H and O–H groups in total. The van der Waals surface area contributed by atoms with E-state index in [1.165, 1.54) is 7.11 Å². The van der Waals surface area contributed by atoms with Gasteiger partial charge in [0.25, 0.3) is 0 Å². The number of benzene rings is 1. The summed E-state index contributed by atoms with van der Waals surface area (Å²) in [5, 5.41) is 2.78. The number of likely N-dealkylation sites (tertiary alicyclic amines) is 1. The molecule has 2 amide bonds. The van der Waals surface area contributed by atoms with Gasteiger partial charge in [0.1, 0.15) is 0 Å². The summed E-state index contributed by atoms with van der Waals surface area (Å²) in [5.74, 6) is -0.726. The maximum absolute atomic E-state index is 12.1. The molecular formula is C17H22N2O4. The van der Waals surface area contributed by atoms with Gasteiger partial charge in [-0.05, 0) is 12.0 Å². The maximum atomic E-state index is 12.1. The lowest BCUT2D eigenvalue weighted by molar-refractivity contribution is -0.140. The van der Waals surface area contributed by atoms with Crippen molar-refractivity contribution in [1.29, 1.82) is 0 Å². The molecule has 0 saturated carbocycles. The molecule has 1 heterocycles. The van der Waals surface area contributed by atoms with Gasteiger partial charge in [-0.2, -0.15) is 0 Å². The minimum absolute atomic E-state index is 0.00330. The smallest absolute Gasteiger partial charge is 0.305 e. The largest absolute Gasteiger partial charge is 0.469 e. The first-order valence-corrected chi connectivity index (χ1v) is 7.76. The average Bonchev–Trinajstić information content (AvgIpc) is 2.93. The molecule has 1 fully saturated rings. The first-order valence-electron chi connectivity index (χ1n) is 7.76. The first-order chi connectivity index (χ1) is 11.1. The van der Waals surface area contributed by atoms with Crippen molar-refractivity contribution in [2.45, 2.75) is 25.8 Å². The predicted octanol–water partition coefficient (Wildman–Crippen LogP) is 1.10. The van der Waals surface area contributed by atoms with E-state index in [1.54, 1.807) is 4.90 Å². The Morgan fingerprint density at radius 3 is 2.74 bits per heavy atom. The number of esters is 1. The Kier molecular flexibility index (Phi) is 6.14. The predicted molar refractivity (Wildman–Crippen MR) is 84.2 cm³/mol. The molecule has 0 spiro atoms. The van der Waals surface area contributed by atoms with Crippen molar-refractivity contribution in [3.63, 3.8) is 0 Å². The summed E-state index contributed by atoms with van der Waals surface area (Å²) in [6.45, 7) is 1.39. The van der Waals surface area contributed by atoms with E-state index in [0.29, 0.717) is 26.1 Å². The Labute approximate surface area is 135 Å². The topological polar surface area (TPSA) is 75.7 Å². The van der Waals surface area contributed by atoms with Gasteiger partial charge in [0.2, 0.25) is 11.8 Å². The Hall–Kier alpha value is -2.37. The zero-order chi connectivity index (χ0) is 16.7. The Morgan fingerprint density at radius 1 is 1.30 bits per heavy atom. The monoisotopic (exact) mass is 318 g/mol. The van der Waals surface area contributed by atoms with Crippen molar-refractivity contribution in [2.75, 3.05) is 20.2 Å². The number of ether oxygens (including phenoxy) is 1. The highest BCUT2D eigenvalue weighted by Gasteiger charge is 2.33. The van der Waals surface area contributed by atoms with E-state index in [9.17, 15) is 14.4 Å². The molecule has 0 radical (unpaired) electrons. The van der Waals surface area contributed by atoms with Crippen molar-refractivity contribution >= 4 is 17.8 Å². The molecule has 0 bridgehead atoms. The van der Waals surface area contributed by atoms with Crippen molar-refractivity contribution in [3.8, 4) is 0 Å². The van der Waals surface area contributed by atoms with E-state index in [2.05, 4.69) is 10.1 Å². The molecular weight excluding hydrogens is 296 g/mol. The molecule has 1 aliphatic rings. The molecule has 2 rings (SSSR count).